The van der Waals surface area contributed by atoms with Crippen molar-refractivity contribution in [3.05, 3.63) is 0 Å². The van der Waals surface area contributed by atoms with Gasteiger partial charge in [-0.2, -0.15) is 0 Å². The summed E-state index contributed by atoms with van der Waals surface area (Å²) in [7, 11) is 0. The summed E-state index contributed by atoms with van der Waals surface area (Å²) in [6.45, 7) is 2.22. The first-order valence-corrected chi connectivity index (χ1v) is 4.51. The number of aliphatic hydroxyl groups excluding tert-OH is 1. The van der Waals surface area contributed by atoms with Gasteiger partial charge in [0.25, 0.3) is 0 Å². The lowest BCUT2D eigenvalue weighted by atomic mass is 9.97. The Labute approximate surface area is 63.4 Å². The zero-order chi connectivity index (χ0) is 7.40. The Balaban J connectivity index is 2.30. The Morgan fingerprint density at radius 1 is 1.30 bits per heavy atom. The Morgan fingerprint density at radius 2 is 2.00 bits per heavy atom. The van der Waals surface area contributed by atoms with E-state index in [0.717, 1.165) is 18.8 Å². The molecule has 1 aliphatic carbocycles. The molecule has 0 aromatic carbocycles. The fourth-order valence-corrected chi connectivity index (χ4v) is 1.80. The first-order chi connectivity index (χ1) is 4.83. The molecular weight excluding hydrogens is 124 g/mol. The van der Waals surface area contributed by atoms with E-state index in [2.05, 4.69) is 6.92 Å². The van der Waals surface area contributed by atoms with E-state index in [1.165, 1.54) is 25.7 Å². The van der Waals surface area contributed by atoms with Gasteiger partial charge in [-0.05, 0) is 18.8 Å². The average molecular weight is 142 g/mol. The molecule has 10 heavy (non-hydrogen) atoms. The van der Waals surface area contributed by atoms with Crippen LogP contribution in [0.3, 0.4) is 0 Å². The number of hydrogen-bond acceptors (Lipinski definition) is 1. The van der Waals surface area contributed by atoms with Crippen molar-refractivity contribution in [3.8, 4) is 0 Å². The molecule has 1 nitrogen and oxygen atoms in total. The monoisotopic (exact) mass is 142 g/mol. The van der Waals surface area contributed by atoms with Gasteiger partial charge in [-0.3, -0.25) is 0 Å². The molecule has 0 amide bonds. The zero-order valence-electron chi connectivity index (χ0n) is 6.84. The maximum atomic E-state index is 9.39. The largest absolute Gasteiger partial charge is 0.393 e. The minimum atomic E-state index is 0.00690. The van der Waals surface area contributed by atoms with Crippen molar-refractivity contribution >= 4 is 0 Å². The molecule has 60 valence electrons. The van der Waals surface area contributed by atoms with Crippen LogP contribution in [0.1, 0.15) is 45.4 Å². The number of aliphatic hydroxyl groups is 1. The second kappa shape index (κ2) is 3.97. The van der Waals surface area contributed by atoms with Gasteiger partial charge in [-0.1, -0.05) is 32.6 Å². The van der Waals surface area contributed by atoms with Crippen molar-refractivity contribution in [2.24, 2.45) is 5.92 Å². The molecule has 0 bridgehead atoms. The average Bonchev–Trinajstić information content (AvgIpc) is 2.13. The van der Waals surface area contributed by atoms with Crippen molar-refractivity contribution in [3.63, 3.8) is 0 Å². The standard InChI is InChI=1S/C9H18O/c1-2-8-5-3-4-6-9(10)7-8/h8-10H,2-7H2,1H3. The van der Waals surface area contributed by atoms with Crippen LogP contribution < -0.4 is 0 Å². The third kappa shape index (κ3) is 2.30. The van der Waals surface area contributed by atoms with Crippen molar-refractivity contribution in [1.82, 2.24) is 0 Å². The molecule has 1 aliphatic rings. The molecule has 0 aliphatic heterocycles. The van der Waals surface area contributed by atoms with E-state index in [-0.39, 0.29) is 6.10 Å². The summed E-state index contributed by atoms with van der Waals surface area (Å²) < 4.78 is 0. The lowest BCUT2D eigenvalue weighted by molar-refractivity contribution is 0.140. The van der Waals surface area contributed by atoms with Gasteiger partial charge >= 0.3 is 0 Å². The first-order valence-electron chi connectivity index (χ1n) is 4.51. The van der Waals surface area contributed by atoms with E-state index in [9.17, 15) is 5.11 Å². The van der Waals surface area contributed by atoms with Crippen molar-refractivity contribution in [2.45, 2.75) is 51.6 Å². The quantitative estimate of drug-likeness (QED) is 0.557. The predicted molar refractivity (Wildman–Crippen MR) is 42.9 cm³/mol. The smallest absolute Gasteiger partial charge is 0.0542 e. The van der Waals surface area contributed by atoms with Crippen LogP contribution in [-0.2, 0) is 0 Å². The third-order valence-corrected chi connectivity index (χ3v) is 2.58. The minimum Gasteiger partial charge on any atom is -0.393 e. The fourth-order valence-electron chi connectivity index (χ4n) is 1.80. The highest BCUT2D eigenvalue weighted by Gasteiger charge is 2.15. The predicted octanol–water partition coefficient (Wildman–Crippen LogP) is 2.34. The molecule has 0 aromatic heterocycles. The second-order valence-electron chi connectivity index (χ2n) is 3.45. The fraction of sp³-hybridized carbons (Fsp3) is 1.00. The number of rotatable bonds is 1. The normalized spacial score (nSPS) is 35.4. The Hall–Kier alpha value is -0.0400. The summed E-state index contributed by atoms with van der Waals surface area (Å²) in [5.74, 6) is 0.803. The van der Waals surface area contributed by atoms with Gasteiger partial charge in [0, 0.05) is 0 Å². The highest BCUT2D eigenvalue weighted by molar-refractivity contribution is 4.68. The van der Waals surface area contributed by atoms with Crippen LogP contribution in [0.2, 0.25) is 0 Å². The van der Waals surface area contributed by atoms with Crippen LogP contribution in [0.15, 0.2) is 0 Å². The molecule has 1 heteroatoms. The molecule has 0 heterocycles. The maximum Gasteiger partial charge on any atom is 0.0542 e. The topological polar surface area (TPSA) is 20.2 Å². The first kappa shape index (κ1) is 8.06. The van der Waals surface area contributed by atoms with Crippen molar-refractivity contribution < 1.29 is 5.11 Å². The third-order valence-electron chi connectivity index (χ3n) is 2.58. The van der Waals surface area contributed by atoms with Crippen LogP contribution in [0, 0.1) is 5.92 Å². The molecular formula is C9H18O. The molecule has 0 spiro atoms. The van der Waals surface area contributed by atoms with Crippen LogP contribution in [0.4, 0.5) is 0 Å². The molecule has 0 aromatic rings. The van der Waals surface area contributed by atoms with Gasteiger partial charge in [0.15, 0.2) is 0 Å². The second-order valence-corrected chi connectivity index (χ2v) is 3.45. The molecule has 1 rings (SSSR count). The lowest BCUT2D eigenvalue weighted by Gasteiger charge is -2.12. The summed E-state index contributed by atoms with van der Waals surface area (Å²) in [5.41, 5.74) is 0. The minimum absolute atomic E-state index is 0.00690. The van der Waals surface area contributed by atoms with Crippen molar-refractivity contribution in [2.75, 3.05) is 0 Å². The summed E-state index contributed by atoms with van der Waals surface area (Å²) in [5, 5.41) is 9.39. The SMILES string of the molecule is CCC1CCCCC(O)C1. The summed E-state index contributed by atoms with van der Waals surface area (Å²) in [6, 6.07) is 0. The molecule has 0 radical (unpaired) electrons. The van der Waals surface area contributed by atoms with Gasteiger partial charge in [-0.15, -0.1) is 0 Å². The zero-order valence-corrected chi connectivity index (χ0v) is 6.84. The molecule has 1 N–H and O–H groups in total. The molecule has 2 atom stereocenters. The molecule has 1 saturated carbocycles. The van der Waals surface area contributed by atoms with E-state index >= 15 is 0 Å². The van der Waals surface area contributed by atoms with Gasteiger partial charge in [0.1, 0.15) is 0 Å². The van der Waals surface area contributed by atoms with Gasteiger partial charge in [0.2, 0.25) is 0 Å². The summed E-state index contributed by atoms with van der Waals surface area (Å²) >= 11 is 0. The Morgan fingerprint density at radius 3 is 2.70 bits per heavy atom. The Bertz CT molecular complexity index is 90.7. The lowest BCUT2D eigenvalue weighted by Crippen LogP contribution is -2.09. The van der Waals surface area contributed by atoms with Crippen LogP contribution in [0.5, 0.6) is 0 Å². The van der Waals surface area contributed by atoms with Gasteiger partial charge in [0.05, 0.1) is 6.10 Å². The van der Waals surface area contributed by atoms with Crippen LogP contribution in [0.25, 0.3) is 0 Å². The van der Waals surface area contributed by atoms with E-state index < -0.39 is 0 Å². The number of hydrogen-bond donors (Lipinski definition) is 1. The van der Waals surface area contributed by atoms with E-state index in [0.29, 0.717) is 0 Å². The molecule has 0 saturated heterocycles. The highest BCUT2D eigenvalue weighted by atomic mass is 16.3. The van der Waals surface area contributed by atoms with E-state index in [4.69, 9.17) is 0 Å². The Kier molecular flexibility index (Phi) is 3.20. The highest BCUT2D eigenvalue weighted by Crippen LogP contribution is 2.25. The summed E-state index contributed by atoms with van der Waals surface area (Å²) in [6.07, 6.45) is 7.25. The van der Waals surface area contributed by atoms with Crippen LogP contribution >= 0.6 is 0 Å². The van der Waals surface area contributed by atoms with Gasteiger partial charge in [-0.25, -0.2) is 0 Å². The van der Waals surface area contributed by atoms with Gasteiger partial charge < -0.3 is 5.11 Å². The molecule has 1 fully saturated rings. The van der Waals surface area contributed by atoms with E-state index in [1.807, 2.05) is 0 Å². The maximum absolute atomic E-state index is 9.39. The molecule has 2 unspecified atom stereocenters. The summed E-state index contributed by atoms with van der Waals surface area (Å²) in [4.78, 5) is 0. The van der Waals surface area contributed by atoms with E-state index in [1.54, 1.807) is 0 Å². The van der Waals surface area contributed by atoms with Crippen LogP contribution in [-0.4, -0.2) is 11.2 Å². The van der Waals surface area contributed by atoms with Crippen molar-refractivity contribution in [1.29, 1.82) is 0 Å².